The summed E-state index contributed by atoms with van der Waals surface area (Å²) in [6.07, 6.45) is 1.46. The van der Waals surface area contributed by atoms with E-state index in [9.17, 15) is 9.59 Å². The Balaban J connectivity index is 2.83. The highest BCUT2D eigenvalue weighted by Crippen LogP contribution is 2.05. The van der Waals surface area contributed by atoms with E-state index in [0.29, 0.717) is 5.75 Å². The van der Waals surface area contributed by atoms with Gasteiger partial charge in [0.25, 0.3) is 0 Å². The molecule has 0 aliphatic heterocycles. The van der Waals surface area contributed by atoms with Crippen molar-refractivity contribution < 1.29 is 14.7 Å². The number of hydrogen-bond acceptors (Lipinski definition) is 4. The highest BCUT2D eigenvalue weighted by Gasteiger charge is 2.20. The molecular weight excluding hydrogens is 264 g/mol. The molecule has 0 aromatic heterocycles. The van der Waals surface area contributed by atoms with Crippen LogP contribution in [-0.4, -0.2) is 40.5 Å². The zero-order valence-corrected chi connectivity index (χ0v) is 11.5. The van der Waals surface area contributed by atoms with Crippen LogP contribution < -0.4 is 0 Å². The van der Waals surface area contributed by atoms with Crippen LogP contribution in [0.2, 0.25) is 0 Å². The lowest BCUT2D eigenvalue weighted by molar-refractivity contribution is -0.145. The summed E-state index contributed by atoms with van der Waals surface area (Å²) in [4.78, 5) is 22.7. The SMILES string of the molecule is C[C@H](CS)C(=O)N(CC(=O)O)/N=C\c1ccccc1. The molecular formula is C13H16N2O3S. The molecule has 0 aliphatic rings. The summed E-state index contributed by atoms with van der Waals surface area (Å²) in [5, 5.41) is 13.7. The van der Waals surface area contributed by atoms with Gasteiger partial charge in [-0.25, -0.2) is 5.01 Å². The zero-order valence-electron chi connectivity index (χ0n) is 10.6. The van der Waals surface area contributed by atoms with Gasteiger partial charge in [-0.3, -0.25) is 9.59 Å². The Morgan fingerprint density at radius 1 is 1.42 bits per heavy atom. The molecule has 19 heavy (non-hydrogen) atoms. The smallest absolute Gasteiger partial charge is 0.325 e. The lowest BCUT2D eigenvalue weighted by atomic mass is 10.2. The van der Waals surface area contributed by atoms with E-state index in [0.717, 1.165) is 10.6 Å². The summed E-state index contributed by atoms with van der Waals surface area (Å²) in [7, 11) is 0. The van der Waals surface area contributed by atoms with Gasteiger partial charge in [-0.15, -0.1) is 0 Å². The van der Waals surface area contributed by atoms with Gasteiger partial charge in [0.15, 0.2) is 0 Å². The minimum Gasteiger partial charge on any atom is -0.480 e. The zero-order chi connectivity index (χ0) is 14.3. The van der Waals surface area contributed by atoms with Gasteiger partial charge in [0.2, 0.25) is 5.91 Å². The first-order chi connectivity index (χ1) is 9.04. The molecule has 0 saturated heterocycles. The molecule has 1 aromatic carbocycles. The number of aliphatic carboxylic acids is 1. The van der Waals surface area contributed by atoms with Crippen LogP contribution in [0.3, 0.4) is 0 Å². The fraction of sp³-hybridized carbons (Fsp3) is 0.308. The van der Waals surface area contributed by atoms with Gasteiger partial charge >= 0.3 is 5.97 Å². The van der Waals surface area contributed by atoms with Crippen molar-refractivity contribution in [3.63, 3.8) is 0 Å². The van der Waals surface area contributed by atoms with Crippen molar-refractivity contribution in [2.45, 2.75) is 6.92 Å². The first kappa shape index (κ1) is 15.2. The molecule has 1 amide bonds. The Labute approximate surface area is 117 Å². The molecule has 0 spiro atoms. The van der Waals surface area contributed by atoms with Crippen LogP contribution in [0.15, 0.2) is 35.4 Å². The van der Waals surface area contributed by atoms with Gasteiger partial charge < -0.3 is 5.11 Å². The number of carbonyl (C=O) groups excluding carboxylic acids is 1. The number of carbonyl (C=O) groups is 2. The fourth-order valence-electron chi connectivity index (χ4n) is 1.31. The Morgan fingerprint density at radius 2 is 2.05 bits per heavy atom. The van der Waals surface area contributed by atoms with Crippen LogP contribution >= 0.6 is 12.6 Å². The number of rotatable bonds is 6. The summed E-state index contributed by atoms with van der Waals surface area (Å²) in [6, 6.07) is 9.16. The van der Waals surface area contributed by atoms with Crippen LogP contribution in [0.4, 0.5) is 0 Å². The molecule has 1 atom stereocenters. The third-order valence-corrected chi connectivity index (χ3v) is 2.93. The average Bonchev–Trinajstić information content (AvgIpc) is 2.42. The van der Waals surface area contributed by atoms with Crippen molar-refractivity contribution in [3.8, 4) is 0 Å². The van der Waals surface area contributed by atoms with Crippen molar-refractivity contribution >= 4 is 30.7 Å². The lowest BCUT2D eigenvalue weighted by Gasteiger charge is -2.18. The Kier molecular flexibility index (Phi) is 6.08. The quantitative estimate of drug-likeness (QED) is 0.471. The number of thiol groups is 1. The number of benzene rings is 1. The number of hydrazone groups is 1. The highest BCUT2D eigenvalue weighted by molar-refractivity contribution is 7.80. The van der Waals surface area contributed by atoms with Crippen LogP contribution in [0, 0.1) is 5.92 Å². The number of carboxylic acid groups (broad SMARTS) is 1. The predicted molar refractivity (Wildman–Crippen MR) is 76.4 cm³/mol. The van der Waals surface area contributed by atoms with E-state index in [2.05, 4.69) is 17.7 Å². The molecule has 1 N–H and O–H groups in total. The highest BCUT2D eigenvalue weighted by atomic mass is 32.1. The van der Waals surface area contributed by atoms with Gasteiger partial charge in [-0.2, -0.15) is 17.7 Å². The number of nitrogens with zero attached hydrogens (tertiary/aromatic N) is 2. The van der Waals surface area contributed by atoms with Gasteiger partial charge in [0.05, 0.1) is 6.21 Å². The monoisotopic (exact) mass is 280 g/mol. The fourth-order valence-corrected chi connectivity index (χ4v) is 1.47. The molecule has 6 heteroatoms. The molecule has 1 aromatic rings. The number of hydrogen-bond donors (Lipinski definition) is 2. The van der Waals surface area contributed by atoms with E-state index in [4.69, 9.17) is 5.11 Å². The van der Waals surface area contributed by atoms with Gasteiger partial charge in [0.1, 0.15) is 6.54 Å². The van der Waals surface area contributed by atoms with Crippen molar-refractivity contribution in [3.05, 3.63) is 35.9 Å². The maximum atomic E-state index is 11.9. The van der Waals surface area contributed by atoms with Crippen molar-refractivity contribution in [2.24, 2.45) is 11.0 Å². The van der Waals surface area contributed by atoms with Gasteiger partial charge in [0, 0.05) is 11.7 Å². The molecule has 0 radical (unpaired) electrons. The molecule has 0 heterocycles. The van der Waals surface area contributed by atoms with Gasteiger partial charge in [-0.05, 0) is 5.56 Å². The summed E-state index contributed by atoms with van der Waals surface area (Å²) >= 11 is 4.03. The van der Waals surface area contributed by atoms with Crippen molar-refractivity contribution in [2.75, 3.05) is 12.3 Å². The van der Waals surface area contributed by atoms with Crippen molar-refractivity contribution in [1.82, 2.24) is 5.01 Å². The van der Waals surface area contributed by atoms with E-state index < -0.39 is 12.5 Å². The van der Waals surface area contributed by atoms with E-state index >= 15 is 0 Å². The first-order valence-electron chi connectivity index (χ1n) is 5.77. The molecule has 0 saturated carbocycles. The summed E-state index contributed by atoms with van der Waals surface area (Å²) < 4.78 is 0. The lowest BCUT2D eigenvalue weighted by Crippen LogP contribution is -2.35. The molecule has 0 bridgehead atoms. The number of amides is 1. The third kappa shape index (κ3) is 5.13. The van der Waals surface area contributed by atoms with E-state index in [1.165, 1.54) is 6.21 Å². The largest absolute Gasteiger partial charge is 0.480 e. The van der Waals surface area contributed by atoms with Gasteiger partial charge in [-0.1, -0.05) is 37.3 Å². The summed E-state index contributed by atoms with van der Waals surface area (Å²) in [5.41, 5.74) is 0.796. The molecule has 0 aliphatic carbocycles. The summed E-state index contributed by atoms with van der Waals surface area (Å²) in [6.45, 7) is 1.22. The summed E-state index contributed by atoms with van der Waals surface area (Å²) in [5.74, 6) is -1.50. The molecule has 0 unspecified atom stereocenters. The standard InChI is InChI=1S/C13H16N2O3S/c1-10(9-19)13(18)15(8-12(16)17)14-7-11-5-3-2-4-6-11/h2-7,10,19H,8-9H2,1H3,(H,16,17)/b14-7-/t10-/m1/s1. The van der Waals surface area contributed by atoms with Crippen LogP contribution in [-0.2, 0) is 9.59 Å². The second kappa shape index (κ2) is 7.58. The third-order valence-electron chi connectivity index (χ3n) is 2.38. The van der Waals surface area contributed by atoms with Crippen LogP contribution in [0.25, 0.3) is 0 Å². The maximum absolute atomic E-state index is 11.9. The Morgan fingerprint density at radius 3 is 2.58 bits per heavy atom. The molecule has 1 rings (SSSR count). The van der Waals surface area contributed by atoms with Crippen LogP contribution in [0.1, 0.15) is 12.5 Å². The minimum atomic E-state index is -1.11. The van der Waals surface area contributed by atoms with Crippen molar-refractivity contribution in [1.29, 1.82) is 0 Å². The molecule has 0 fully saturated rings. The minimum absolute atomic E-state index is 0.343. The second-order valence-corrected chi connectivity index (χ2v) is 4.39. The predicted octanol–water partition coefficient (Wildman–Crippen LogP) is 1.50. The van der Waals surface area contributed by atoms with E-state index in [1.807, 2.05) is 30.3 Å². The second-order valence-electron chi connectivity index (χ2n) is 4.03. The molecule has 102 valence electrons. The van der Waals surface area contributed by atoms with E-state index in [1.54, 1.807) is 6.92 Å². The average molecular weight is 280 g/mol. The number of carboxylic acids is 1. The Bertz CT molecular complexity index is 462. The maximum Gasteiger partial charge on any atom is 0.325 e. The Hall–Kier alpha value is -1.82. The first-order valence-corrected chi connectivity index (χ1v) is 6.41. The topological polar surface area (TPSA) is 70.0 Å². The molecule has 5 nitrogen and oxygen atoms in total. The van der Waals surface area contributed by atoms with E-state index in [-0.39, 0.29) is 11.8 Å². The van der Waals surface area contributed by atoms with Crippen LogP contribution in [0.5, 0.6) is 0 Å². The normalized spacial score (nSPS) is 12.3.